The number of azo groups is 2. The fraction of sp³-hybridized carbons (Fsp3) is 0. The van der Waals surface area contributed by atoms with Crippen molar-refractivity contribution in [2.75, 3.05) is 5.32 Å². The molecule has 0 fully saturated rings. The second-order valence-corrected chi connectivity index (χ2v) is 17.8. The van der Waals surface area contributed by atoms with Crippen molar-refractivity contribution >= 4 is 96.0 Å². The molecule has 0 aliphatic rings. The number of nitrogens with two attached hydrogens (primary N) is 2. The minimum atomic E-state index is -5.11. The van der Waals surface area contributed by atoms with Gasteiger partial charge in [-0.05, 0) is 95.7 Å². The van der Waals surface area contributed by atoms with Crippen LogP contribution in [0.25, 0.3) is 21.5 Å². The van der Waals surface area contributed by atoms with E-state index in [9.17, 15) is 63.2 Å². The van der Waals surface area contributed by atoms with Crippen LogP contribution in [0.3, 0.4) is 0 Å². The number of phenols is 4. The Labute approximate surface area is 321 Å². The number of phenolic OH excluding ortho intramolecular Hbond substituents is 4. The molecule has 11 N–H and O–H groups in total. The Morgan fingerprint density at radius 3 is 1.18 bits per heavy atom. The number of rotatable bonds is 10. The normalized spacial score (nSPS) is 12.9. The molecule has 0 aliphatic heterocycles. The maximum absolute atomic E-state index is 12.4. The zero-order chi connectivity index (χ0) is 41.8. The van der Waals surface area contributed by atoms with E-state index in [1.165, 1.54) is 36.4 Å². The number of aromatic hydroxyl groups is 4. The van der Waals surface area contributed by atoms with Crippen LogP contribution in [0.2, 0.25) is 0 Å². The summed E-state index contributed by atoms with van der Waals surface area (Å²) in [6.45, 7) is 0. The summed E-state index contributed by atoms with van der Waals surface area (Å²) in [5.41, 5.74) is -1.97. The number of sulfonamides is 2. The Bertz CT molecular complexity index is 3000. The van der Waals surface area contributed by atoms with E-state index in [2.05, 4.69) is 25.8 Å². The third-order valence-electron chi connectivity index (χ3n) is 8.01. The number of nitrogens with one attached hydrogen (secondary N) is 1. The smallest absolute Gasteiger partial charge is 0.296 e. The number of fused-ring (bicyclic) bond motifs is 2. The van der Waals surface area contributed by atoms with E-state index in [1.54, 1.807) is 0 Å². The first-order chi connectivity index (χ1) is 26.4. The van der Waals surface area contributed by atoms with Crippen molar-refractivity contribution in [1.29, 1.82) is 0 Å². The van der Waals surface area contributed by atoms with Gasteiger partial charge in [0.1, 0.15) is 44.0 Å². The lowest BCUT2D eigenvalue weighted by molar-refractivity contribution is 0.471. The van der Waals surface area contributed by atoms with Gasteiger partial charge in [0, 0.05) is 22.1 Å². The van der Waals surface area contributed by atoms with E-state index in [4.69, 9.17) is 10.3 Å². The molecule has 6 aromatic rings. The van der Waals surface area contributed by atoms with E-state index < -0.39 is 106 Å². The van der Waals surface area contributed by atoms with Gasteiger partial charge < -0.3 is 25.7 Å². The molecule has 25 heteroatoms. The van der Waals surface area contributed by atoms with Crippen LogP contribution in [0.5, 0.6) is 23.0 Å². The Morgan fingerprint density at radius 1 is 0.474 bits per heavy atom. The molecular formula is C32H25N7O14S4. The molecule has 296 valence electrons. The van der Waals surface area contributed by atoms with Crippen LogP contribution in [-0.4, -0.2) is 63.2 Å². The van der Waals surface area contributed by atoms with Gasteiger partial charge in [-0.15, -0.1) is 20.5 Å². The summed E-state index contributed by atoms with van der Waals surface area (Å²) in [5, 5.41) is 70.2. The molecule has 0 radical (unpaired) electrons. The largest absolute Gasteiger partial charge is 0.506 e. The third kappa shape index (κ3) is 8.44. The summed E-state index contributed by atoms with van der Waals surface area (Å²) in [6, 6.07) is 15.6. The van der Waals surface area contributed by atoms with Gasteiger partial charge in [-0.25, -0.2) is 27.1 Å². The van der Waals surface area contributed by atoms with Gasteiger partial charge in [0.05, 0.1) is 9.79 Å². The lowest BCUT2D eigenvalue weighted by Gasteiger charge is -2.13. The van der Waals surface area contributed by atoms with Crippen molar-refractivity contribution in [2.45, 2.75) is 19.6 Å². The molecule has 0 saturated heterocycles. The zero-order valence-electron chi connectivity index (χ0n) is 28.1. The highest BCUT2D eigenvalue weighted by molar-refractivity contribution is 7.89. The van der Waals surface area contributed by atoms with Crippen molar-refractivity contribution in [3.63, 3.8) is 0 Å². The average Bonchev–Trinajstić information content (AvgIpc) is 3.10. The van der Waals surface area contributed by atoms with Crippen molar-refractivity contribution in [2.24, 2.45) is 30.7 Å². The highest BCUT2D eigenvalue weighted by atomic mass is 32.2. The minimum Gasteiger partial charge on any atom is -0.506 e. The molecule has 0 bridgehead atoms. The standard InChI is InChI=1S/C32H25N7O14S4/c33-54(44,45)19-3-7-25(40)23(13-19)36-38-29-27(56(48,49)50)11-15-9-17(1-5-21(15)31(29)42)35-18-2-6-22-16(10-18)12-28(57(51,52)53)30(32(22)43)39-37-24-14-20(55(34,46)47)4-8-26(24)41/h1-14,35,40-43H,(H2,33,44,45)(H2,34,46,47)(H,48,49,50)(H,51,52,53). The van der Waals surface area contributed by atoms with Crippen molar-refractivity contribution in [3.8, 4) is 23.0 Å². The maximum Gasteiger partial charge on any atom is 0.296 e. The summed E-state index contributed by atoms with van der Waals surface area (Å²) in [4.78, 5) is -2.77. The van der Waals surface area contributed by atoms with Crippen molar-refractivity contribution in [3.05, 3.63) is 84.9 Å². The van der Waals surface area contributed by atoms with Crippen LogP contribution in [0.15, 0.2) is 125 Å². The molecule has 0 unspecified atom stereocenters. The Balaban J connectivity index is 1.38. The van der Waals surface area contributed by atoms with E-state index >= 15 is 0 Å². The number of hydrogen-bond acceptors (Lipinski definition) is 17. The molecule has 6 aromatic carbocycles. The van der Waals surface area contributed by atoms with E-state index in [1.807, 2.05) is 0 Å². The lowest BCUT2D eigenvalue weighted by Crippen LogP contribution is -2.11. The summed E-state index contributed by atoms with van der Waals surface area (Å²) < 4.78 is 116. The van der Waals surface area contributed by atoms with Gasteiger partial charge >= 0.3 is 0 Å². The van der Waals surface area contributed by atoms with Gasteiger partial charge in [0.2, 0.25) is 20.0 Å². The topological polar surface area (TPSA) is 371 Å². The van der Waals surface area contributed by atoms with Crippen LogP contribution in [0.1, 0.15) is 0 Å². The maximum atomic E-state index is 12.4. The molecule has 0 saturated carbocycles. The number of nitrogens with zero attached hydrogens (tertiary/aromatic N) is 4. The van der Waals surface area contributed by atoms with Gasteiger partial charge in [-0.1, -0.05) is 0 Å². The monoisotopic (exact) mass is 859 g/mol. The van der Waals surface area contributed by atoms with Crippen LogP contribution < -0.4 is 15.6 Å². The summed E-state index contributed by atoms with van der Waals surface area (Å²) >= 11 is 0. The Morgan fingerprint density at radius 2 is 0.842 bits per heavy atom. The number of primary sulfonamides is 2. The molecule has 0 spiro atoms. The predicted octanol–water partition coefficient (Wildman–Crippen LogP) is 5.18. The lowest BCUT2D eigenvalue weighted by atomic mass is 10.1. The third-order valence-corrected chi connectivity index (χ3v) is 11.6. The first kappa shape index (κ1) is 40.3. The first-order valence-electron chi connectivity index (χ1n) is 15.3. The predicted molar refractivity (Wildman–Crippen MR) is 201 cm³/mol. The average molecular weight is 860 g/mol. The van der Waals surface area contributed by atoms with E-state index in [0.29, 0.717) is 0 Å². The zero-order valence-corrected chi connectivity index (χ0v) is 31.4. The second-order valence-electron chi connectivity index (χ2n) is 11.9. The molecule has 0 heterocycles. The molecule has 0 aliphatic carbocycles. The number of anilines is 2. The van der Waals surface area contributed by atoms with Crippen LogP contribution in [0.4, 0.5) is 34.1 Å². The summed E-state index contributed by atoms with van der Waals surface area (Å²) in [5.74, 6) is -2.72. The molecule has 57 heavy (non-hydrogen) atoms. The van der Waals surface area contributed by atoms with Gasteiger partial charge in [-0.3, -0.25) is 9.11 Å². The van der Waals surface area contributed by atoms with Crippen LogP contribution >= 0.6 is 0 Å². The molecule has 21 nitrogen and oxygen atoms in total. The number of hydrogen-bond donors (Lipinski definition) is 9. The van der Waals surface area contributed by atoms with Crippen molar-refractivity contribution < 1.29 is 63.2 Å². The number of benzene rings is 6. The van der Waals surface area contributed by atoms with Crippen LogP contribution in [0, 0.1) is 0 Å². The fourth-order valence-electron chi connectivity index (χ4n) is 5.34. The molecular weight excluding hydrogens is 835 g/mol. The van der Waals surface area contributed by atoms with Crippen LogP contribution in [-0.2, 0) is 40.3 Å². The van der Waals surface area contributed by atoms with Gasteiger partial charge in [0.25, 0.3) is 20.2 Å². The first-order valence-corrected chi connectivity index (χ1v) is 21.3. The highest BCUT2D eigenvalue weighted by Gasteiger charge is 2.24. The van der Waals surface area contributed by atoms with Gasteiger partial charge in [0.15, 0.2) is 11.5 Å². The molecule has 0 atom stereocenters. The highest BCUT2D eigenvalue weighted by Crippen LogP contribution is 2.45. The van der Waals surface area contributed by atoms with E-state index in [0.717, 1.165) is 48.5 Å². The Hall–Kier alpha value is -6.32. The van der Waals surface area contributed by atoms with E-state index in [-0.39, 0.29) is 32.9 Å². The van der Waals surface area contributed by atoms with Gasteiger partial charge in [-0.2, -0.15) is 16.8 Å². The summed E-state index contributed by atoms with van der Waals surface area (Å²) in [6.07, 6.45) is 0. The second kappa shape index (κ2) is 14.3. The molecule has 6 rings (SSSR count). The quantitative estimate of drug-likeness (QED) is 0.0633. The Kier molecular flexibility index (Phi) is 10.1. The SMILES string of the molecule is NS(=O)(=O)c1ccc(O)c(N=Nc2c(S(=O)(=O)O)cc3cc(Nc4ccc5c(O)c(N=Nc6cc(S(N)(=O)=O)ccc6O)c(S(=O)(=O)O)cc5c4)ccc3c2O)c1. The molecule has 0 amide bonds. The van der Waals surface area contributed by atoms with Crippen molar-refractivity contribution in [1.82, 2.24) is 0 Å². The molecule has 0 aromatic heterocycles. The summed E-state index contributed by atoms with van der Waals surface area (Å²) in [7, 11) is -18.7. The fourth-order valence-corrected chi connectivity index (χ4v) is 7.72. The minimum absolute atomic E-state index is 0.00275.